The van der Waals surface area contributed by atoms with E-state index in [1.54, 1.807) is 48.5 Å². The summed E-state index contributed by atoms with van der Waals surface area (Å²) in [5.74, 6) is -1.30. The average molecular weight is 380 g/mol. The van der Waals surface area contributed by atoms with Crippen molar-refractivity contribution >= 4 is 11.9 Å². The van der Waals surface area contributed by atoms with Crippen LogP contribution in [0.5, 0.6) is 0 Å². The van der Waals surface area contributed by atoms with Crippen LogP contribution in [0.4, 0.5) is 0 Å². The van der Waals surface area contributed by atoms with Crippen molar-refractivity contribution in [3.8, 4) is 0 Å². The minimum atomic E-state index is -1.28. The highest BCUT2D eigenvalue weighted by Crippen LogP contribution is 2.43. The summed E-state index contributed by atoms with van der Waals surface area (Å²) in [5.41, 5.74) is -0.479. The molecule has 2 aromatic carbocycles. The van der Waals surface area contributed by atoms with Crippen molar-refractivity contribution in [1.29, 1.82) is 0 Å². The van der Waals surface area contributed by atoms with Gasteiger partial charge in [0.1, 0.15) is 0 Å². The second kappa shape index (κ2) is 8.40. The molecule has 0 saturated carbocycles. The van der Waals surface area contributed by atoms with E-state index in [-0.39, 0.29) is 12.0 Å². The number of hydrogen-bond acceptors (Lipinski definition) is 5. The Morgan fingerprint density at radius 1 is 1.04 bits per heavy atom. The summed E-state index contributed by atoms with van der Waals surface area (Å²) < 4.78 is 17.5. The van der Waals surface area contributed by atoms with Gasteiger partial charge in [0.2, 0.25) is 6.29 Å². The molecule has 0 aromatic heterocycles. The molecule has 1 saturated heterocycles. The summed E-state index contributed by atoms with van der Waals surface area (Å²) in [5, 5.41) is 0. The van der Waals surface area contributed by atoms with Crippen molar-refractivity contribution in [1.82, 2.24) is 0 Å². The van der Waals surface area contributed by atoms with Crippen LogP contribution < -0.4 is 0 Å². The molecule has 0 amide bonds. The Hall–Kier alpha value is -2.92. The second-order valence-corrected chi connectivity index (χ2v) is 6.79. The van der Waals surface area contributed by atoms with Gasteiger partial charge in [-0.05, 0) is 36.8 Å². The molecule has 3 rings (SSSR count). The Labute approximate surface area is 164 Å². The van der Waals surface area contributed by atoms with Crippen LogP contribution in [-0.2, 0) is 14.2 Å². The van der Waals surface area contributed by atoms with E-state index in [4.69, 9.17) is 14.2 Å². The summed E-state index contributed by atoms with van der Waals surface area (Å²) in [6.07, 6.45) is 0.872. The van der Waals surface area contributed by atoms with Crippen molar-refractivity contribution in [2.45, 2.75) is 38.3 Å². The molecule has 1 fully saturated rings. The van der Waals surface area contributed by atoms with Crippen LogP contribution in [0, 0.1) is 5.92 Å². The second-order valence-electron chi connectivity index (χ2n) is 6.79. The van der Waals surface area contributed by atoms with Gasteiger partial charge in [-0.2, -0.15) is 0 Å². The summed E-state index contributed by atoms with van der Waals surface area (Å²) in [4.78, 5) is 25.3. The first-order valence-electron chi connectivity index (χ1n) is 9.35. The lowest BCUT2D eigenvalue weighted by Crippen LogP contribution is -2.47. The van der Waals surface area contributed by atoms with Crippen molar-refractivity contribution in [3.63, 3.8) is 0 Å². The Balaban J connectivity index is 1.89. The Kier molecular flexibility index (Phi) is 5.95. The van der Waals surface area contributed by atoms with Gasteiger partial charge < -0.3 is 14.2 Å². The molecular weight excluding hydrogens is 356 g/mol. The predicted octanol–water partition coefficient (Wildman–Crippen LogP) is 4.40. The quantitative estimate of drug-likeness (QED) is 0.549. The fraction of sp³-hybridized carbons (Fsp3) is 0.304. The maximum atomic E-state index is 12.7. The summed E-state index contributed by atoms with van der Waals surface area (Å²) >= 11 is 0. The third-order valence-electron chi connectivity index (χ3n) is 5.16. The summed E-state index contributed by atoms with van der Waals surface area (Å²) in [6.45, 7) is 7.74. The van der Waals surface area contributed by atoms with Crippen LogP contribution in [0.25, 0.3) is 0 Å². The van der Waals surface area contributed by atoms with Crippen LogP contribution in [0.2, 0.25) is 0 Å². The molecule has 1 unspecified atom stereocenters. The lowest BCUT2D eigenvalue weighted by molar-refractivity contribution is -0.159. The van der Waals surface area contributed by atoms with E-state index in [1.165, 1.54) is 6.08 Å². The molecule has 1 heterocycles. The average Bonchev–Trinajstić information content (AvgIpc) is 3.00. The fourth-order valence-corrected chi connectivity index (χ4v) is 3.46. The van der Waals surface area contributed by atoms with Gasteiger partial charge in [-0.25, -0.2) is 9.59 Å². The lowest BCUT2D eigenvalue weighted by Gasteiger charge is -2.33. The van der Waals surface area contributed by atoms with Gasteiger partial charge in [0.15, 0.2) is 5.60 Å². The minimum absolute atomic E-state index is 0.240. The van der Waals surface area contributed by atoms with E-state index >= 15 is 0 Å². The molecule has 28 heavy (non-hydrogen) atoms. The standard InChI is InChI=1S/C23H24O5/c1-4-19-16(3)23(5-2,28-21(25)18-14-10-7-11-15-18)22(26-19)27-20(24)17-12-8-6-9-13-17/h5-16,19,22H,2,4H2,1,3H3/t16-,19-,22?,23-/m1/s1. The van der Waals surface area contributed by atoms with Gasteiger partial charge in [-0.15, -0.1) is 0 Å². The van der Waals surface area contributed by atoms with Crippen LogP contribution in [0.3, 0.4) is 0 Å². The number of benzene rings is 2. The minimum Gasteiger partial charge on any atom is -0.444 e. The molecule has 1 aliphatic heterocycles. The highest BCUT2D eigenvalue weighted by Gasteiger charge is 2.57. The fourth-order valence-electron chi connectivity index (χ4n) is 3.46. The predicted molar refractivity (Wildman–Crippen MR) is 105 cm³/mol. The van der Waals surface area contributed by atoms with E-state index < -0.39 is 23.8 Å². The Morgan fingerprint density at radius 2 is 1.57 bits per heavy atom. The van der Waals surface area contributed by atoms with Gasteiger partial charge in [-0.3, -0.25) is 0 Å². The number of carbonyl (C=O) groups is 2. The largest absolute Gasteiger partial charge is 0.444 e. The normalized spacial score (nSPS) is 26.4. The topological polar surface area (TPSA) is 61.8 Å². The van der Waals surface area contributed by atoms with Crippen LogP contribution in [0.15, 0.2) is 73.3 Å². The molecule has 5 nitrogen and oxygen atoms in total. The summed E-state index contributed by atoms with van der Waals surface area (Å²) in [7, 11) is 0. The first kappa shape index (κ1) is 19.8. The zero-order valence-electron chi connectivity index (χ0n) is 16.0. The van der Waals surface area contributed by atoms with Crippen LogP contribution in [0.1, 0.15) is 41.0 Å². The molecule has 2 aromatic rings. The van der Waals surface area contributed by atoms with Gasteiger partial charge in [0, 0.05) is 5.92 Å². The zero-order chi connectivity index (χ0) is 20.1. The molecule has 1 aliphatic rings. The number of hydrogen-bond donors (Lipinski definition) is 0. The maximum Gasteiger partial charge on any atom is 0.340 e. The Morgan fingerprint density at radius 3 is 2.07 bits per heavy atom. The third-order valence-corrected chi connectivity index (χ3v) is 5.16. The molecule has 0 radical (unpaired) electrons. The van der Waals surface area contributed by atoms with E-state index in [9.17, 15) is 9.59 Å². The zero-order valence-corrected chi connectivity index (χ0v) is 16.0. The summed E-state index contributed by atoms with van der Waals surface area (Å²) in [6, 6.07) is 17.3. The van der Waals surface area contributed by atoms with Crippen LogP contribution >= 0.6 is 0 Å². The molecule has 4 atom stereocenters. The number of carbonyl (C=O) groups excluding carboxylic acids is 2. The van der Waals surface area contributed by atoms with Crippen molar-refractivity contribution in [3.05, 3.63) is 84.4 Å². The smallest absolute Gasteiger partial charge is 0.340 e. The van der Waals surface area contributed by atoms with E-state index in [0.29, 0.717) is 17.5 Å². The number of esters is 2. The first-order chi connectivity index (χ1) is 13.5. The van der Waals surface area contributed by atoms with Crippen molar-refractivity contribution in [2.24, 2.45) is 5.92 Å². The monoisotopic (exact) mass is 380 g/mol. The van der Waals surface area contributed by atoms with Gasteiger partial charge in [-0.1, -0.05) is 56.8 Å². The lowest BCUT2D eigenvalue weighted by atomic mass is 9.85. The van der Waals surface area contributed by atoms with Gasteiger partial charge in [0.05, 0.1) is 17.2 Å². The molecule has 5 heteroatoms. The van der Waals surface area contributed by atoms with Gasteiger partial charge >= 0.3 is 11.9 Å². The number of ether oxygens (including phenoxy) is 3. The van der Waals surface area contributed by atoms with E-state index in [0.717, 1.165) is 0 Å². The van der Waals surface area contributed by atoms with E-state index in [1.807, 2.05) is 26.0 Å². The van der Waals surface area contributed by atoms with Crippen molar-refractivity contribution < 1.29 is 23.8 Å². The first-order valence-corrected chi connectivity index (χ1v) is 9.35. The SMILES string of the molecule is C=C[C@]1(OC(=O)c2ccccc2)C(OC(=O)c2ccccc2)O[C@H](CC)[C@H]1C. The molecule has 0 spiro atoms. The highest BCUT2D eigenvalue weighted by molar-refractivity contribution is 5.90. The molecule has 0 N–H and O–H groups in total. The van der Waals surface area contributed by atoms with Gasteiger partial charge in [0.25, 0.3) is 0 Å². The molecule has 0 bridgehead atoms. The molecular formula is C23H24O5. The number of rotatable bonds is 6. The third kappa shape index (κ3) is 3.71. The molecule has 0 aliphatic carbocycles. The highest BCUT2D eigenvalue weighted by atomic mass is 16.7. The van der Waals surface area contributed by atoms with Crippen molar-refractivity contribution in [2.75, 3.05) is 0 Å². The van der Waals surface area contributed by atoms with E-state index in [2.05, 4.69) is 6.58 Å². The maximum absolute atomic E-state index is 12.7. The Bertz CT molecular complexity index is 833. The molecule has 146 valence electrons. The van der Waals surface area contributed by atoms with Crippen LogP contribution in [-0.4, -0.2) is 29.9 Å².